The number of hydrogen-bond donors (Lipinski definition) is 3. The van der Waals surface area contributed by atoms with Crippen LogP contribution in [0.15, 0.2) is 152 Å². The van der Waals surface area contributed by atoms with Crippen LogP contribution in [0, 0.1) is 6.92 Å². The Morgan fingerprint density at radius 1 is 0.362 bits per heavy atom. The van der Waals surface area contributed by atoms with Crippen LogP contribution in [0.4, 0.5) is 34.1 Å². The minimum absolute atomic E-state index is 0.0385. The van der Waals surface area contributed by atoms with Gasteiger partial charge < -0.3 is 25.1 Å². The third-order valence-electron chi connectivity index (χ3n) is 8.04. The van der Waals surface area contributed by atoms with Gasteiger partial charge >= 0.3 is 0 Å². The van der Waals surface area contributed by atoms with Crippen LogP contribution >= 0.6 is 0 Å². The molecule has 0 atom stereocenters. The molecule has 0 aliphatic heterocycles. The van der Waals surface area contributed by atoms with Gasteiger partial charge in [-0.1, -0.05) is 91.3 Å². The van der Waals surface area contributed by atoms with Gasteiger partial charge in [0, 0.05) is 34.1 Å². The third-order valence-corrected chi connectivity index (χ3v) is 8.04. The number of aliphatic hydroxyl groups excluding tert-OH is 3. The topological polar surface area (TPSA) is 67.2 Å². The highest BCUT2D eigenvalue weighted by Gasteiger charge is 2.13. The first kappa shape index (κ1) is 33.2. The monoisotopic (exact) mass is 622 g/mol. The average molecular weight is 623 g/mol. The summed E-state index contributed by atoms with van der Waals surface area (Å²) in [6.45, 7) is 4.41. The lowest BCUT2D eigenvalue weighted by Gasteiger charge is -2.26. The Hall–Kier alpha value is -5.20. The van der Waals surface area contributed by atoms with E-state index in [0.29, 0.717) is 0 Å². The molecule has 3 N–H and O–H groups in total. The quantitative estimate of drug-likeness (QED) is 0.142. The molecule has 6 aromatic rings. The van der Waals surface area contributed by atoms with E-state index >= 15 is 0 Å². The molecular weight excluding hydrogens is 580 g/mol. The summed E-state index contributed by atoms with van der Waals surface area (Å²) in [7, 11) is 0. The maximum atomic E-state index is 9.28. The van der Waals surface area contributed by atoms with Gasteiger partial charge in [-0.05, 0) is 108 Å². The lowest BCUT2D eigenvalue weighted by atomic mass is 10.1. The van der Waals surface area contributed by atoms with Crippen molar-refractivity contribution in [3.05, 3.63) is 179 Å². The minimum Gasteiger partial charge on any atom is -0.392 e. The fraction of sp³-hybridized carbons (Fsp3) is 0.143. The van der Waals surface area contributed by atoms with Crippen LogP contribution in [-0.2, 0) is 26.2 Å². The van der Waals surface area contributed by atoms with Crippen molar-refractivity contribution < 1.29 is 15.3 Å². The highest BCUT2D eigenvalue weighted by molar-refractivity contribution is 5.77. The first-order valence-electron chi connectivity index (χ1n) is 15.9. The second kappa shape index (κ2) is 16.4. The molecule has 0 aliphatic rings. The molecule has 0 amide bonds. The van der Waals surface area contributed by atoms with Crippen molar-refractivity contribution in [3.8, 4) is 0 Å². The van der Waals surface area contributed by atoms with Crippen LogP contribution in [0.3, 0.4) is 0 Å². The molecule has 0 radical (unpaired) electrons. The Labute approximate surface area is 278 Å². The summed E-state index contributed by atoms with van der Waals surface area (Å²) < 4.78 is 0. The Kier molecular flexibility index (Phi) is 11.6. The van der Waals surface area contributed by atoms with Crippen LogP contribution in [0.25, 0.3) is 0 Å². The minimum atomic E-state index is 0.0385. The first-order valence-corrected chi connectivity index (χ1v) is 15.9. The molecule has 0 aliphatic carbocycles. The number of hydrogen-bond acceptors (Lipinski definition) is 5. The lowest BCUT2D eigenvalue weighted by molar-refractivity contribution is 0.281. The Morgan fingerprint density at radius 3 is 0.936 bits per heavy atom. The molecule has 47 heavy (non-hydrogen) atoms. The maximum Gasteiger partial charge on any atom is 0.0681 e. The van der Waals surface area contributed by atoms with E-state index in [4.69, 9.17) is 0 Å². The number of para-hydroxylation sites is 1. The van der Waals surface area contributed by atoms with Gasteiger partial charge in [-0.3, -0.25) is 0 Å². The van der Waals surface area contributed by atoms with E-state index in [1.54, 1.807) is 0 Å². The normalized spacial score (nSPS) is 10.6. The summed E-state index contributed by atoms with van der Waals surface area (Å²) in [5, 5.41) is 27.7. The van der Waals surface area contributed by atoms with Crippen LogP contribution < -0.4 is 9.80 Å². The van der Waals surface area contributed by atoms with Crippen LogP contribution in [0.5, 0.6) is 0 Å². The van der Waals surface area contributed by atoms with Crippen molar-refractivity contribution in [1.82, 2.24) is 0 Å². The summed E-state index contributed by atoms with van der Waals surface area (Å²) in [6, 6.07) is 51.1. The molecule has 6 rings (SSSR count). The zero-order valence-electron chi connectivity index (χ0n) is 27.0. The van der Waals surface area contributed by atoms with Crippen molar-refractivity contribution in [2.45, 2.75) is 40.1 Å². The maximum absolute atomic E-state index is 9.28. The van der Waals surface area contributed by atoms with Gasteiger partial charge in [0.15, 0.2) is 0 Å². The van der Waals surface area contributed by atoms with Crippen molar-refractivity contribution >= 4 is 34.1 Å². The van der Waals surface area contributed by atoms with E-state index in [0.717, 1.165) is 57.2 Å². The fourth-order valence-electron chi connectivity index (χ4n) is 5.30. The zero-order valence-corrected chi connectivity index (χ0v) is 27.0. The largest absolute Gasteiger partial charge is 0.392 e. The Bertz CT molecular complexity index is 1690. The van der Waals surface area contributed by atoms with Gasteiger partial charge in [0.2, 0.25) is 0 Å². The number of anilines is 6. The van der Waals surface area contributed by atoms with Gasteiger partial charge in [-0.25, -0.2) is 0 Å². The molecule has 0 aromatic heterocycles. The molecule has 5 heteroatoms. The summed E-state index contributed by atoms with van der Waals surface area (Å²) >= 11 is 0. The summed E-state index contributed by atoms with van der Waals surface area (Å²) in [5.74, 6) is 0. The van der Waals surface area contributed by atoms with E-state index in [1.165, 1.54) is 11.1 Å². The van der Waals surface area contributed by atoms with E-state index < -0.39 is 0 Å². The lowest BCUT2D eigenvalue weighted by Crippen LogP contribution is -2.10. The van der Waals surface area contributed by atoms with Crippen LogP contribution in [-0.4, -0.2) is 15.3 Å². The average Bonchev–Trinajstić information content (AvgIpc) is 3.14. The smallest absolute Gasteiger partial charge is 0.0681 e. The van der Waals surface area contributed by atoms with Gasteiger partial charge in [0.25, 0.3) is 0 Å². The van der Waals surface area contributed by atoms with Crippen LogP contribution in [0.2, 0.25) is 0 Å². The Balaban J connectivity index is 0.000000185. The predicted octanol–water partition coefficient (Wildman–Crippen LogP) is 9.66. The van der Waals surface area contributed by atoms with Crippen molar-refractivity contribution in [2.75, 3.05) is 9.80 Å². The van der Waals surface area contributed by atoms with E-state index in [-0.39, 0.29) is 19.8 Å². The molecule has 0 unspecified atom stereocenters. The van der Waals surface area contributed by atoms with E-state index in [2.05, 4.69) is 96.4 Å². The second-order valence-corrected chi connectivity index (χ2v) is 11.3. The summed E-state index contributed by atoms with van der Waals surface area (Å²) in [6.07, 6.45) is 1.04. The number of nitrogens with zero attached hydrogens (tertiary/aromatic N) is 2. The fourth-order valence-corrected chi connectivity index (χ4v) is 5.30. The molecule has 5 nitrogen and oxygen atoms in total. The first-order chi connectivity index (χ1) is 23.0. The number of aliphatic hydroxyl groups is 3. The highest BCUT2D eigenvalue weighted by Crippen LogP contribution is 2.36. The summed E-state index contributed by atoms with van der Waals surface area (Å²) in [4.78, 5) is 4.38. The van der Waals surface area contributed by atoms with Crippen molar-refractivity contribution in [2.24, 2.45) is 0 Å². The molecule has 0 spiro atoms. The standard InChI is InChI=1S/C22H23NO.C20H19NO2/c1-3-18-6-12-21(13-7-18)23(20-10-4-17(2)5-11-20)22-14-8-19(16-24)9-15-22;22-14-16-6-10-19(11-7-16)21(18-4-2-1-3-5-18)20-12-8-17(15-23)9-13-20/h4-15,24H,3,16H2,1-2H3;1-13,22-23H,14-15H2. The third kappa shape index (κ3) is 8.54. The molecule has 0 fully saturated rings. The van der Waals surface area contributed by atoms with Gasteiger partial charge in [0.05, 0.1) is 19.8 Å². The molecule has 0 bridgehead atoms. The highest BCUT2D eigenvalue weighted by atomic mass is 16.3. The number of rotatable bonds is 10. The van der Waals surface area contributed by atoms with Crippen molar-refractivity contribution in [1.29, 1.82) is 0 Å². The van der Waals surface area contributed by atoms with Gasteiger partial charge in [-0.15, -0.1) is 0 Å². The molecule has 0 heterocycles. The SMILES string of the molecule is CCc1ccc(N(c2ccc(C)cc2)c2ccc(CO)cc2)cc1.OCc1ccc(N(c2ccccc2)c2ccc(CO)cc2)cc1. The molecular formula is C42H42N2O3. The predicted molar refractivity (Wildman–Crippen MR) is 194 cm³/mol. The zero-order chi connectivity index (χ0) is 33.0. The van der Waals surface area contributed by atoms with E-state index in [1.807, 2.05) is 78.9 Å². The van der Waals surface area contributed by atoms with Crippen molar-refractivity contribution in [3.63, 3.8) is 0 Å². The molecule has 6 aromatic carbocycles. The molecule has 0 saturated carbocycles. The van der Waals surface area contributed by atoms with Gasteiger partial charge in [0.1, 0.15) is 0 Å². The molecule has 238 valence electrons. The number of benzene rings is 6. The number of aryl methyl sites for hydroxylation is 2. The van der Waals surface area contributed by atoms with E-state index in [9.17, 15) is 15.3 Å². The Morgan fingerprint density at radius 2 is 0.638 bits per heavy atom. The second-order valence-electron chi connectivity index (χ2n) is 11.3. The van der Waals surface area contributed by atoms with Crippen LogP contribution in [0.1, 0.15) is 34.7 Å². The van der Waals surface area contributed by atoms with Gasteiger partial charge in [-0.2, -0.15) is 0 Å². The summed E-state index contributed by atoms with van der Waals surface area (Å²) in [5.41, 5.74) is 11.7. The molecule has 0 saturated heterocycles.